The van der Waals surface area contributed by atoms with Crippen LogP contribution in [0.25, 0.3) is 0 Å². The Balaban J connectivity index is 0.000000240. The largest absolute Gasteiger partial charge is 0.324 e. The molecule has 4 aromatic rings. The van der Waals surface area contributed by atoms with Crippen LogP contribution in [0.1, 0.15) is 87.5 Å². The van der Waals surface area contributed by atoms with E-state index in [0.717, 1.165) is 61.8 Å². The minimum Gasteiger partial charge on any atom is -0.324 e. The summed E-state index contributed by atoms with van der Waals surface area (Å²) in [5.74, 6) is 0.220. The van der Waals surface area contributed by atoms with E-state index < -0.39 is 11.1 Å². The van der Waals surface area contributed by atoms with Crippen molar-refractivity contribution in [3.63, 3.8) is 0 Å². The maximum Gasteiger partial charge on any atom is 0.244 e. The van der Waals surface area contributed by atoms with E-state index in [4.69, 9.17) is 11.5 Å². The van der Waals surface area contributed by atoms with E-state index in [1.807, 2.05) is 48.5 Å². The van der Waals surface area contributed by atoms with Gasteiger partial charge in [0.15, 0.2) is 0 Å². The van der Waals surface area contributed by atoms with Crippen molar-refractivity contribution in [3.8, 4) is 0 Å². The number of hydrogen-bond acceptors (Lipinski definition) is 6. The highest BCUT2D eigenvalue weighted by Crippen LogP contribution is 2.26. The van der Waals surface area contributed by atoms with Gasteiger partial charge in [-0.3, -0.25) is 19.4 Å². The maximum atomic E-state index is 13.0. The van der Waals surface area contributed by atoms with Gasteiger partial charge in [0, 0.05) is 50.6 Å². The van der Waals surface area contributed by atoms with Crippen molar-refractivity contribution >= 4 is 35.6 Å². The summed E-state index contributed by atoms with van der Waals surface area (Å²) >= 11 is 0. The molecule has 296 valence electrons. The Kier molecular flexibility index (Phi) is 15.5. The normalized spacial score (nSPS) is 16.8. The van der Waals surface area contributed by atoms with Gasteiger partial charge in [-0.15, -0.1) is 12.4 Å². The number of carbonyl (C=O) groups is 2. The van der Waals surface area contributed by atoms with E-state index in [-0.39, 0.29) is 35.9 Å². The second-order valence-corrected chi connectivity index (χ2v) is 15.6. The van der Waals surface area contributed by atoms with Gasteiger partial charge >= 0.3 is 0 Å². The molecule has 8 nitrogen and oxygen atoms in total. The number of hydrogen-bond donors (Lipinski definition) is 4. The first kappa shape index (κ1) is 43.5. The molecule has 6 N–H and O–H groups in total. The average Bonchev–Trinajstić information content (AvgIpc) is 3.16. The molecule has 0 aliphatic carbocycles. The maximum absolute atomic E-state index is 13.0. The predicted molar refractivity (Wildman–Crippen MR) is 221 cm³/mol. The van der Waals surface area contributed by atoms with Gasteiger partial charge in [0.05, 0.1) is 11.1 Å². The van der Waals surface area contributed by atoms with Crippen molar-refractivity contribution < 1.29 is 18.4 Å². The molecule has 11 heteroatoms. The van der Waals surface area contributed by atoms with E-state index >= 15 is 0 Å². The first-order valence-corrected chi connectivity index (χ1v) is 19.1. The molecule has 0 atom stereocenters. The molecule has 6 rings (SSSR count). The quantitative estimate of drug-likeness (QED) is 0.129. The number of nitrogens with one attached hydrogen (secondary N) is 2. The topological polar surface area (TPSA) is 117 Å². The number of amides is 2. The van der Waals surface area contributed by atoms with Crippen molar-refractivity contribution in [1.29, 1.82) is 0 Å². The van der Waals surface area contributed by atoms with Crippen LogP contribution in [0.4, 0.5) is 20.2 Å². The number of nitrogens with two attached hydrogens (primary N) is 2. The molecule has 55 heavy (non-hydrogen) atoms. The van der Waals surface area contributed by atoms with E-state index in [9.17, 15) is 18.4 Å². The van der Waals surface area contributed by atoms with Crippen molar-refractivity contribution in [2.45, 2.75) is 89.4 Å². The second kappa shape index (κ2) is 19.6. The lowest BCUT2D eigenvalue weighted by molar-refractivity contribution is -0.123. The standard InChI is InChI=1S/2C22H28FN3O.ClH/c2*1-16(2)18-5-9-20(10-6-18)25-21(27)22(24)11-13-26(14-12-22)15-17-3-7-19(23)8-4-17;/h2*3-10,16H,11-15,24H2,1-2H3,(H,25,27);1H. The summed E-state index contributed by atoms with van der Waals surface area (Å²) in [7, 11) is 0. The predicted octanol–water partition coefficient (Wildman–Crippen LogP) is 8.18. The van der Waals surface area contributed by atoms with Gasteiger partial charge < -0.3 is 22.1 Å². The smallest absolute Gasteiger partial charge is 0.244 e. The molecule has 2 aliphatic rings. The van der Waals surface area contributed by atoms with Crippen LogP contribution in [-0.4, -0.2) is 58.9 Å². The number of anilines is 2. The van der Waals surface area contributed by atoms with Crippen molar-refractivity contribution in [1.82, 2.24) is 9.80 Å². The van der Waals surface area contributed by atoms with Crippen molar-refractivity contribution in [2.24, 2.45) is 11.5 Å². The first-order valence-electron chi connectivity index (χ1n) is 19.1. The van der Waals surface area contributed by atoms with Gasteiger partial charge in [0.25, 0.3) is 0 Å². The lowest BCUT2D eigenvalue weighted by Gasteiger charge is -2.38. The minimum absolute atomic E-state index is 0. The third-order valence-corrected chi connectivity index (χ3v) is 10.7. The van der Waals surface area contributed by atoms with Crippen LogP contribution < -0.4 is 22.1 Å². The van der Waals surface area contributed by atoms with Crippen LogP contribution in [0.5, 0.6) is 0 Å². The minimum atomic E-state index is -0.851. The number of likely N-dealkylation sites (tertiary alicyclic amines) is 2. The van der Waals surface area contributed by atoms with Crippen LogP contribution in [-0.2, 0) is 22.7 Å². The van der Waals surface area contributed by atoms with Crippen LogP contribution in [0.15, 0.2) is 97.1 Å². The van der Waals surface area contributed by atoms with Gasteiger partial charge in [0.1, 0.15) is 11.6 Å². The lowest BCUT2D eigenvalue weighted by Crippen LogP contribution is -2.57. The fourth-order valence-electron chi connectivity index (χ4n) is 6.78. The number of rotatable bonds is 10. The molecule has 0 bridgehead atoms. The molecule has 2 amide bonds. The fourth-order valence-corrected chi connectivity index (χ4v) is 6.78. The van der Waals surface area contributed by atoms with Gasteiger partial charge in [-0.2, -0.15) is 0 Å². The molecular formula is C44H57ClF2N6O2. The number of halogens is 3. The Morgan fingerprint density at radius 1 is 0.564 bits per heavy atom. The average molecular weight is 775 g/mol. The molecular weight excluding hydrogens is 718 g/mol. The van der Waals surface area contributed by atoms with Crippen LogP contribution in [0.3, 0.4) is 0 Å². The molecule has 0 radical (unpaired) electrons. The third-order valence-electron chi connectivity index (χ3n) is 10.7. The molecule has 4 aromatic carbocycles. The van der Waals surface area contributed by atoms with E-state index in [1.165, 1.54) is 35.4 Å². The van der Waals surface area contributed by atoms with Gasteiger partial charge in [-0.1, -0.05) is 76.2 Å². The van der Waals surface area contributed by atoms with Crippen molar-refractivity contribution in [3.05, 3.63) is 131 Å². The molecule has 2 heterocycles. The zero-order chi connectivity index (χ0) is 38.9. The lowest BCUT2D eigenvalue weighted by atomic mass is 9.87. The van der Waals surface area contributed by atoms with Crippen LogP contribution in [0, 0.1) is 11.6 Å². The molecule has 2 saturated heterocycles. The number of nitrogens with zero attached hydrogens (tertiary/aromatic N) is 2. The van der Waals surface area contributed by atoms with E-state index in [1.54, 1.807) is 24.3 Å². The highest BCUT2D eigenvalue weighted by atomic mass is 35.5. The molecule has 2 fully saturated rings. The first-order chi connectivity index (χ1) is 25.7. The summed E-state index contributed by atoms with van der Waals surface area (Å²) in [6.45, 7) is 13.0. The molecule has 0 spiro atoms. The summed E-state index contributed by atoms with van der Waals surface area (Å²) in [6.07, 6.45) is 2.41. The highest BCUT2D eigenvalue weighted by molar-refractivity contribution is 5.98. The van der Waals surface area contributed by atoms with Crippen LogP contribution >= 0.6 is 12.4 Å². The Bertz CT molecular complexity index is 1670. The zero-order valence-electron chi connectivity index (χ0n) is 32.5. The fraction of sp³-hybridized carbons (Fsp3) is 0.409. The summed E-state index contributed by atoms with van der Waals surface area (Å²) in [4.78, 5) is 29.9. The summed E-state index contributed by atoms with van der Waals surface area (Å²) in [6, 6.07) is 29.0. The Morgan fingerprint density at radius 2 is 0.855 bits per heavy atom. The van der Waals surface area contributed by atoms with E-state index in [0.29, 0.717) is 37.5 Å². The highest BCUT2D eigenvalue weighted by Gasteiger charge is 2.38. The third kappa shape index (κ3) is 12.4. The number of benzene rings is 4. The number of carbonyl (C=O) groups excluding carboxylic acids is 2. The summed E-state index contributed by atoms with van der Waals surface area (Å²) < 4.78 is 26.0. The van der Waals surface area contributed by atoms with E-state index in [2.05, 4.69) is 48.1 Å². The summed E-state index contributed by atoms with van der Waals surface area (Å²) in [5.41, 5.74) is 17.3. The SMILES string of the molecule is CC(C)c1ccc(NC(=O)C2(N)CCN(Cc3ccc(F)cc3)CC2)cc1.CC(C)c1ccc(NC(=O)C2(N)CCN(Cc3ccc(F)cc3)CC2)cc1.Cl. The van der Waals surface area contributed by atoms with Crippen LogP contribution in [0.2, 0.25) is 0 Å². The Labute approximate surface area is 331 Å². The zero-order valence-corrected chi connectivity index (χ0v) is 33.3. The monoisotopic (exact) mass is 774 g/mol. The number of piperidine rings is 2. The second-order valence-electron chi connectivity index (χ2n) is 15.6. The summed E-state index contributed by atoms with van der Waals surface area (Å²) in [5, 5.41) is 5.93. The van der Waals surface area contributed by atoms with Gasteiger partial charge in [-0.25, -0.2) is 8.78 Å². The van der Waals surface area contributed by atoms with Crippen molar-refractivity contribution in [2.75, 3.05) is 36.8 Å². The van der Waals surface area contributed by atoms with Gasteiger partial charge in [-0.05, 0) is 108 Å². The molecule has 0 unspecified atom stereocenters. The molecule has 2 aliphatic heterocycles. The molecule has 0 aromatic heterocycles. The Morgan fingerprint density at radius 3 is 1.13 bits per heavy atom. The van der Waals surface area contributed by atoms with Gasteiger partial charge in [0.2, 0.25) is 11.8 Å². The Hall–Kier alpha value is -4.19. The molecule has 0 saturated carbocycles.